The Hall–Kier alpha value is -1.42. The molecule has 0 radical (unpaired) electrons. The second-order valence-corrected chi connectivity index (χ2v) is 4.65. The molecule has 0 heterocycles. The van der Waals surface area contributed by atoms with Crippen LogP contribution in [-0.2, 0) is 0 Å². The summed E-state index contributed by atoms with van der Waals surface area (Å²) in [6.45, 7) is 1.85. The molecule has 2 aromatic carbocycles. The minimum Gasteiger partial charge on any atom is -0.271 e. The van der Waals surface area contributed by atoms with Crippen molar-refractivity contribution in [2.24, 2.45) is 5.84 Å². The summed E-state index contributed by atoms with van der Waals surface area (Å²) < 4.78 is 13.4. The largest absolute Gasteiger partial charge is 0.271 e. The van der Waals surface area contributed by atoms with Gasteiger partial charge in [0.05, 0.1) is 6.04 Å². The summed E-state index contributed by atoms with van der Waals surface area (Å²) in [5.41, 5.74) is 5.22. The molecule has 0 aromatic heterocycles. The number of nitrogens with one attached hydrogen (secondary N) is 1. The summed E-state index contributed by atoms with van der Waals surface area (Å²) in [4.78, 5) is 0. The molecule has 2 rings (SSSR count). The van der Waals surface area contributed by atoms with Crippen LogP contribution in [0.5, 0.6) is 0 Å². The number of benzene rings is 2. The molecule has 0 saturated heterocycles. The molecule has 0 saturated carbocycles. The third-order valence-corrected chi connectivity index (χ3v) is 2.98. The predicted octanol–water partition coefficient (Wildman–Crippen LogP) is 3.34. The van der Waals surface area contributed by atoms with Crippen molar-refractivity contribution in [2.45, 2.75) is 13.0 Å². The Labute approximate surface area is 111 Å². The third kappa shape index (κ3) is 2.88. The standard InChI is InChI=1S/C14H14ClFN2/c1-9-5-11(8-13(16)6-9)14(18-17)10-3-2-4-12(15)7-10/h2-8,14,18H,17H2,1H3. The molecule has 0 aliphatic heterocycles. The topological polar surface area (TPSA) is 38.0 Å². The number of halogens is 2. The quantitative estimate of drug-likeness (QED) is 0.659. The van der Waals surface area contributed by atoms with E-state index in [9.17, 15) is 4.39 Å². The zero-order valence-corrected chi connectivity index (χ0v) is 10.7. The van der Waals surface area contributed by atoms with Crippen LogP contribution in [0, 0.1) is 12.7 Å². The lowest BCUT2D eigenvalue weighted by molar-refractivity contribution is 0.604. The van der Waals surface area contributed by atoms with Gasteiger partial charge in [0.1, 0.15) is 5.82 Å². The Morgan fingerprint density at radius 1 is 1.17 bits per heavy atom. The molecule has 3 N–H and O–H groups in total. The second kappa shape index (κ2) is 5.48. The van der Waals surface area contributed by atoms with Crippen LogP contribution in [0.25, 0.3) is 0 Å². The molecular formula is C14H14ClFN2. The van der Waals surface area contributed by atoms with Crippen LogP contribution in [-0.4, -0.2) is 0 Å². The Balaban J connectivity index is 2.45. The van der Waals surface area contributed by atoms with Crippen LogP contribution < -0.4 is 11.3 Å². The zero-order chi connectivity index (χ0) is 13.1. The maximum Gasteiger partial charge on any atom is 0.123 e. The molecular weight excluding hydrogens is 251 g/mol. The molecule has 1 unspecified atom stereocenters. The maximum absolute atomic E-state index is 13.4. The minimum atomic E-state index is -0.280. The summed E-state index contributed by atoms with van der Waals surface area (Å²) in [6, 6.07) is 11.9. The molecule has 0 aliphatic rings. The van der Waals surface area contributed by atoms with Crippen LogP contribution >= 0.6 is 11.6 Å². The van der Waals surface area contributed by atoms with Gasteiger partial charge in [-0.1, -0.05) is 29.8 Å². The Morgan fingerprint density at radius 3 is 2.56 bits per heavy atom. The highest BCUT2D eigenvalue weighted by Crippen LogP contribution is 2.25. The van der Waals surface area contributed by atoms with E-state index in [1.54, 1.807) is 6.07 Å². The molecule has 4 heteroatoms. The third-order valence-electron chi connectivity index (χ3n) is 2.75. The van der Waals surface area contributed by atoms with Crippen molar-refractivity contribution >= 4 is 11.6 Å². The maximum atomic E-state index is 13.4. The van der Waals surface area contributed by atoms with Gasteiger partial charge >= 0.3 is 0 Å². The smallest absolute Gasteiger partial charge is 0.123 e. The van der Waals surface area contributed by atoms with Gasteiger partial charge in [0.2, 0.25) is 0 Å². The van der Waals surface area contributed by atoms with Crippen LogP contribution in [0.2, 0.25) is 5.02 Å². The van der Waals surface area contributed by atoms with E-state index < -0.39 is 0 Å². The monoisotopic (exact) mass is 264 g/mol. The normalized spacial score (nSPS) is 12.4. The van der Waals surface area contributed by atoms with E-state index in [2.05, 4.69) is 5.43 Å². The molecule has 0 bridgehead atoms. The summed E-state index contributed by atoms with van der Waals surface area (Å²) in [6.07, 6.45) is 0. The average molecular weight is 265 g/mol. The molecule has 0 spiro atoms. The Kier molecular flexibility index (Phi) is 3.97. The van der Waals surface area contributed by atoms with Gasteiger partial charge in [0.15, 0.2) is 0 Å². The number of nitrogens with two attached hydrogens (primary N) is 1. The van der Waals surface area contributed by atoms with Crippen LogP contribution in [0.3, 0.4) is 0 Å². The van der Waals surface area contributed by atoms with Gasteiger partial charge in [-0.3, -0.25) is 5.84 Å². The van der Waals surface area contributed by atoms with Crippen molar-refractivity contribution in [1.82, 2.24) is 5.43 Å². The van der Waals surface area contributed by atoms with E-state index in [-0.39, 0.29) is 11.9 Å². The van der Waals surface area contributed by atoms with Crippen molar-refractivity contribution in [3.8, 4) is 0 Å². The molecule has 1 atom stereocenters. The predicted molar refractivity (Wildman–Crippen MR) is 71.8 cm³/mol. The van der Waals surface area contributed by atoms with Crippen molar-refractivity contribution in [2.75, 3.05) is 0 Å². The number of rotatable bonds is 3. The Morgan fingerprint density at radius 2 is 1.94 bits per heavy atom. The van der Waals surface area contributed by atoms with Gasteiger partial charge < -0.3 is 0 Å². The highest BCUT2D eigenvalue weighted by molar-refractivity contribution is 6.30. The van der Waals surface area contributed by atoms with Gasteiger partial charge in [-0.15, -0.1) is 0 Å². The van der Waals surface area contributed by atoms with Crippen LogP contribution in [0.4, 0.5) is 4.39 Å². The van der Waals surface area contributed by atoms with E-state index >= 15 is 0 Å². The fraction of sp³-hybridized carbons (Fsp3) is 0.143. The number of hydrogen-bond acceptors (Lipinski definition) is 2. The lowest BCUT2D eigenvalue weighted by Gasteiger charge is -2.17. The SMILES string of the molecule is Cc1cc(F)cc(C(NN)c2cccc(Cl)c2)c1. The minimum absolute atomic E-state index is 0.271. The number of hydrazine groups is 1. The molecule has 94 valence electrons. The lowest BCUT2D eigenvalue weighted by atomic mass is 9.98. The lowest BCUT2D eigenvalue weighted by Crippen LogP contribution is -2.29. The van der Waals surface area contributed by atoms with Crippen LogP contribution in [0.15, 0.2) is 42.5 Å². The van der Waals surface area contributed by atoms with E-state index in [4.69, 9.17) is 17.4 Å². The first-order valence-corrected chi connectivity index (χ1v) is 5.96. The van der Waals surface area contributed by atoms with Crippen molar-refractivity contribution in [1.29, 1.82) is 0 Å². The average Bonchev–Trinajstić information content (AvgIpc) is 2.28. The summed E-state index contributed by atoms with van der Waals surface area (Å²) >= 11 is 5.95. The van der Waals surface area contributed by atoms with E-state index in [0.717, 1.165) is 16.7 Å². The van der Waals surface area contributed by atoms with E-state index in [0.29, 0.717) is 5.02 Å². The van der Waals surface area contributed by atoms with Gasteiger partial charge in [-0.05, 0) is 47.9 Å². The van der Waals surface area contributed by atoms with Gasteiger partial charge in [-0.25, -0.2) is 9.82 Å². The number of aryl methyl sites for hydroxylation is 1. The van der Waals surface area contributed by atoms with Gasteiger partial charge in [0.25, 0.3) is 0 Å². The van der Waals surface area contributed by atoms with Crippen molar-refractivity contribution in [3.05, 3.63) is 70.0 Å². The summed E-state index contributed by atoms with van der Waals surface area (Å²) in [7, 11) is 0. The van der Waals surface area contributed by atoms with Gasteiger partial charge in [0, 0.05) is 5.02 Å². The second-order valence-electron chi connectivity index (χ2n) is 4.22. The van der Waals surface area contributed by atoms with Crippen molar-refractivity contribution in [3.63, 3.8) is 0 Å². The molecule has 0 fully saturated rings. The van der Waals surface area contributed by atoms with Crippen molar-refractivity contribution < 1.29 is 4.39 Å². The van der Waals surface area contributed by atoms with E-state index in [1.165, 1.54) is 12.1 Å². The molecule has 18 heavy (non-hydrogen) atoms. The first kappa shape index (κ1) is 13.0. The van der Waals surface area contributed by atoms with Gasteiger partial charge in [-0.2, -0.15) is 0 Å². The summed E-state index contributed by atoms with van der Waals surface area (Å²) in [5, 5.41) is 0.626. The highest BCUT2D eigenvalue weighted by Gasteiger charge is 2.13. The zero-order valence-electron chi connectivity index (χ0n) is 9.95. The molecule has 0 aliphatic carbocycles. The first-order valence-electron chi connectivity index (χ1n) is 5.59. The fourth-order valence-electron chi connectivity index (χ4n) is 2.00. The fourth-order valence-corrected chi connectivity index (χ4v) is 2.20. The first-order chi connectivity index (χ1) is 8.60. The van der Waals surface area contributed by atoms with E-state index in [1.807, 2.05) is 31.2 Å². The number of hydrogen-bond donors (Lipinski definition) is 2. The molecule has 0 amide bonds. The Bertz CT molecular complexity index is 537. The summed E-state index contributed by atoms with van der Waals surface area (Å²) in [5.74, 6) is 5.30. The highest BCUT2D eigenvalue weighted by atomic mass is 35.5. The van der Waals surface area contributed by atoms with Crippen LogP contribution in [0.1, 0.15) is 22.7 Å². The molecule has 2 aromatic rings. The molecule has 2 nitrogen and oxygen atoms in total.